The molecule has 1 aromatic carbocycles. The van der Waals surface area contributed by atoms with E-state index in [4.69, 9.17) is 4.74 Å². The van der Waals surface area contributed by atoms with Crippen LogP contribution in [0.3, 0.4) is 0 Å². The van der Waals surface area contributed by atoms with Gasteiger partial charge in [0.15, 0.2) is 0 Å². The summed E-state index contributed by atoms with van der Waals surface area (Å²) < 4.78 is 4.70. The fourth-order valence-corrected chi connectivity index (χ4v) is 3.69. The summed E-state index contributed by atoms with van der Waals surface area (Å²) in [6.45, 7) is 1.08. The molecular weight excluding hydrogens is 336 g/mol. The molecule has 0 unspecified atom stereocenters. The summed E-state index contributed by atoms with van der Waals surface area (Å²) in [5.41, 5.74) is 3.92. The van der Waals surface area contributed by atoms with E-state index in [1.807, 2.05) is 6.07 Å². The number of carbonyl (C=O) groups is 2. The first-order chi connectivity index (χ1) is 12.1. The fourth-order valence-electron chi connectivity index (χ4n) is 2.91. The van der Waals surface area contributed by atoms with E-state index in [1.54, 1.807) is 17.5 Å². The van der Waals surface area contributed by atoms with E-state index in [1.165, 1.54) is 35.8 Å². The minimum absolute atomic E-state index is 0.276. The first-order valence-corrected chi connectivity index (χ1v) is 8.95. The molecule has 6 heteroatoms. The number of carbonyl (C=O) groups excluding carboxylic acids is 2. The van der Waals surface area contributed by atoms with Gasteiger partial charge >= 0.3 is 5.97 Å². The maximum Gasteiger partial charge on any atom is 0.340 e. The van der Waals surface area contributed by atoms with Crippen LogP contribution >= 0.6 is 11.3 Å². The molecule has 0 radical (unpaired) electrons. The second kappa shape index (κ2) is 7.53. The highest BCUT2D eigenvalue weighted by Gasteiger charge is 2.15. The maximum absolute atomic E-state index is 12.1. The zero-order valence-electron chi connectivity index (χ0n) is 14.2. The van der Waals surface area contributed by atoms with E-state index in [2.05, 4.69) is 29.4 Å². The number of ether oxygens (including phenoxy) is 1. The maximum atomic E-state index is 12.1. The summed E-state index contributed by atoms with van der Waals surface area (Å²) in [5.74, 6) is -0.734. The van der Waals surface area contributed by atoms with Gasteiger partial charge in [-0.15, -0.1) is 11.3 Å². The molecule has 1 N–H and O–H groups in total. The quantitative estimate of drug-likeness (QED) is 0.672. The number of amides is 1. The average Bonchev–Trinajstić information content (AvgIpc) is 3.07. The van der Waals surface area contributed by atoms with Gasteiger partial charge in [0.2, 0.25) is 5.91 Å². The Bertz CT molecular complexity index is 826. The number of aryl methyl sites for hydroxylation is 1. The Morgan fingerprint density at radius 1 is 1.32 bits per heavy atom. The Labute approximate surface area is 150 Å². The van der Waals surface area contributed by atoms with Gasteiger partial charge in [0.05, 0.1) is 12.7 Å². The summed E-state index contributed by atoms with van der Waals surface area (Å²) in [5, 5.41) is 4.96. The van der Waals surface area contributed by atoms with Crippen molar-refractivity contribution in [2.75, 3.05) is 30.9 Å². The normalized spacial score (nSPS) is 13.6. The van der Waals surface area contributed by atoms with Crippen molar-refractivity contribution in [3.63, 3.8) is 0 Å². The third kappa shape index (κ3) is 3.91. The largest absolute Gasteiger partial charge is 0.465 e. The van der Waals surface area contributed by atoms with Crippen LogP contribution in [0, 0.1) is 0 Å². The number of anilines is 2. The summed E-state index contributed by atoms with van der Waals surface area (Å²) in [7, 11) is 3.42. The van der Waals surface area contributed by atoms with Crippen LogP contribution < -0.4 is 10.2 Å². The van der Waals surface area contributed by atoms with Crippen molar-refractivity contribution in [3.8, 4) is 0 Å². The molecule has 0 saturated carbocycles. The second-order valence-electron chi connectivity index (χ2n) is 5.89. The van der Waals surface area contributed by atoms with Gasteiger partial charge in [0, 0.05) is 25.4 Å². The van der Waals surface area contributed by atoms with Crippen molar-refractivity contribution in [2.45, 2.75) is 12.8 Å². The molecule has 5 nitrogen and oxygen atoms in total. The lowest BCUT2D eigenvalue weighted by Gasteiger charge is -2.27. The standard InChI is InChI=1S/C19H20N2O3S/c1-21-10-3-4-14-12-13(5-7-16(14)21)6-8-17(22)20-18-15(9-11-25-18)19(23)24-2/h5-9,11-12H,3-4,10H2,1-2H3,(H,20,22)/b8-6+. The molecule has 0 saturated heterocycles. The summed E-state index contributed by atoms with van der Waals surface area (Å²) in [4.78, 5) is 26.0. The Balaban J connectivity index is 1.69. The van der Waals surface area contributed by atoms with Crippen molar-refractivity contribution < 1.29 is 14.3 Å². The predicted molar refractivity (Wildman–Crippen MR) is 101 cm³/mol. The molecule has 0 bridgehead atoms. The number of hydrogen-bond acceptors (Lipinski definition) is 5. The van der Waals surface area contributed by atoms with Crippen molar-refractivity contribution in [3.05, 3.63) is 52.4 Å². The van der Waals surface area contributed by atoms with Crippen LogP contribution in [0.1, 0.15) is 27.9 Å². The number of thiophene rings is 1. The van der Waals surface area contributed by atoms with Crippen LogP contribution in [-0.2, 0) is 16.0 Å². The molecule has 3 rings (SSSR count). The number of hydrogen-bond donors (Lipinski definition) is 1. The molecule has 1 aromatic heterocycles. The number of methoxy groups -OCH3 is 1. The Morgan fingerprint density at radius 2 is 2.16 bits per heavy atom. The van der Waals surface area contributed by atoms with Crippen LogP contribution in [0.15, 0.2) is 35.7 Å². The zero-order valence-corrected chi connectivity index (χ0v) is 15.1. The smallest absolute Gasteiger partial charge is 0.340 e. The lowest BCUT2D eigenvalue weighted by atomic mass is 9.99. The zero-order chi connectivity index (χ0) is 17.8. The number of fused-ring (bicyclic) bond motifs is 1. The molecule has 0 atom stereocenters. The number of benzene rings is 1. The molecule has 0 fully saturated rings. The number of nitrogens with one attached hydrogen (secondary N) is 1. The van der Waals surface area contributed by atoms with E-state index >= 15 is 0 Å². The molecule has 1 amide bonds. The molecule has 2 heterocycles. The highest BCUT2D eigenvalue weighted by molar-refractivity contribution is 7.14. The average molecular weight is 356 g/mol. The fraction of sp³-hybridized carbons (Fsp3) is 0.263. The van der Waals surface area contributed by atoms with Crippen LogP contribution in [0.2, 0.25) is 0 Å². The molecule has 0 spiro atoms. The molecule has 25 heavy (non-hydrogen) atoms. The van der Waals surface area contributed by atoms with Crippen molar-refractivity contribution >= 4 is 40.0 Å². The van der Waals surface area contributed by atoms with E-state index in [0.29, 0.717) is 10.6 Å². The van der Waals surface area contributed by atoms with Crippen LogP contribution in [0.25, 0.3) is 6.08 Å². The Kier molecular flexibility index (Phi) is 5.19. The highest BCUT2D eigenvalue weighted by Crippen LogP contribution is 2.27. The van der Waals surface area contributed by atoms with Gasteiger partial charge in [-0.25, -0.2) is 4.79 Å². The van der Waals surface area contributed by atoms with E-state index in [9.17, 15) is 9.59 Å². The molecule has 130 valence electrons. The van der Waals surface area contributed by atoms with Gasteiger partial charge in [-0.3, -0.25) is 4.79 Å². The summed E-state index contributed by atoms with van der Waals surface area (Å²) in [6, 6.07) is 7.87. The predicted octanol–water partition coefficient (Wildman–Crippen LogP) is 3.57. The number of nitrogens with zero attached hydrogens (tertiary/aromatic N) is 1. The van der Waals surface area contributed by atoms with Crippen LogP contribution in [0.4, 0.5) is 10.7 Å². The van der Waals surface area contributed by atoms with Gasteiger partial charge in [-0.2, -0.15) is 0 Å². The van der Waals surface area contributed by atoms with Crippen molar-refractivity contribution in [2.24, 2.45) is 0 Å². The van der Waals surface area contributed by atoms with Crippen molar-refractivity contribution in [1.29, 1.82) is 0 Å². The van der Waals surface area contributed by atoms with Gasteiger partial charge in [0.1, 0.15) is 5.00 Å². The minimum Gasteiger partial charge on any atom is -0.465 e. The second-order valence-corrected chi connectivity index (χ2v) is 6.81. The van der Waals surface area contributed by atoms with Gasteiger partial charge in [0.25, 0.3) is 0 Å². The Hall–Kier alpha value is -2.60. The topological polar surface area (TPSA) is 58.6 Å². The molecule has 1 aliphatic rings. The van der Waals surface area contributed by atoms with Crippen molar-refractivity contribution in [1.82, 2.24) is 0 Å². The summed E-state index contributed by atoms with van der Waals surface area (Å²) >= 11 is 1.29. The minimum atomic E-state index is -0.459. The molecule has 1 aliphatic heterocycles. The summed E-state index contributed by atoms with van der Waals surface area (Å²) in [6.07, 6.45) is 5.47. The van der Waals surface area contributed by atoms with Crippen LogP contribution in [-0.4, -0.2) is 32.6 Å². The third-order valence-corrected chi connectivity index (χ3v) is 5.02. The van der Waals surface area contributed by atoms with Gasteiger partial charge in [-0.05, 0) is 53.6 Å². The van der Waals surface area contributed by atoms with Gasteiger partial charge < -0.3 is 15.0 Å². The van der Waals surface area contributed by atoms with Crippen LogP contribution in [0.5, 0.6) is 0 Å². The SMILES string of the molecule is COC(=O)c1ccsc1NC(=O)/C=C/c1ccc2c(c1)CCCN2C. The van der Waals surface area contributed by atoms with E-state index in [-0.39, 0.29) is 5.91 Å². The number of esters is 1. The first-order valence-electron chi connectivity index (χ1n) is 8.07. The van der Waals surface area contributed by atoms with E-state index in [0.717, 1.165) is 24.9 Å². The molecular formula is C19H20N2O3S. The molecule has 2 aromatic rings. The lowest BCUT2D eigenvalue weighted by molar-refractivity contribution is -0.111. The number of rotatable bonds is 4. The highest BCUT2D eigenvalue weighted by atomic mass is 32.1. The monoisotopic (exact) mass is 356 g/mol. The lowest BCUT2D eigenvalue weighted by Crippen LogP contribution is -2.24. The van der Waals surface area contributed by atoms with Gasteiger partial charge in [-0.1, -0.05) is 6.07 Å². The first kappa shape index (κ1) is 17.2. The third-order valence-electron chi connectivity index (χ3n) is 4.19. The molecule has 0 aliphatic carbocycles. The Morgan fingerprint density at radius 3 is 2.96 bits per heavy atom. The van der Waals surface area contributed by atoms with E-state index < -0.39 is 5.97 Å².